The van der Waals surface area contributed by atoms with E-state index in [9.17, 15) is 0 Å². The van der Waals surface area contributed by atoms with Crippen molar-refractivity contribution >= 4 is 6.21 Å². The number of rotatable bonds is 6. The standard InChI is InChI=1S/C17H27NO/c1-14(2)11-16(17(3,4)5)12-18-19-13-15-9-7-6-8-10-15/h6-10,12,14,16H,11,13H2,1-5H3/b18-12+. The van der Waals surface area contributed by atoms with Gasteiger partial charge in [0.2, 0.25) is 0 Å². The Bertz CT molecular complexity index is 376. The van der Waals surface area contributed by atoms with Gasteiger partial charge in [-0.3, -0.25) is 0 Å². The lowest BCUT2D eigenvalue weighted by molar-refractivity contribution is 0.128. The minimum Gasteiger partial charge on any atom is -0.391 e. The van der Waals surface area contributed by atoms with Crippen LogP contribution < -0.4 is 0 Å². The highest BCUT2D eigenvalue weighted by atomic mass is 16.6. The molecule has 0 aromatic heterocycles. The van der Waals surface area contributed by atoms with Crippen LogP contribution in [0.15, 0.2) is 35.5 Å². The first-order valence-electron chi connectivity index (χ1n) is 7.09. The van der Waals surface area contributed by atoms with E-state index in [1.54, 1.807) is 0 Å². The van der Waals surface area contributed by atoms with Gasteiger partial charge < -0.3 is 4.84 Å². The first kappa shape index (κ1) is 15.7. The largest absolute Gasteiger partial charge is 0.391 e. The average molecular weight is 261 g/mol. The number of benzene rings is 1. The van der Waals surface area contributed by atoms with Crippen molar-refractivity contribution < 1.29 is 4.84 Å². The summed E-state index contributed by atoms with van der Waals surface area (Å²) < 4.78 is 0. The third-order valence-corrected chi connectivity index (χ3v) is 3.23. The Balaban J connectivity index is 2.48. The first-order valence-corrected chi connectivity index (χ1v) is 7.09. The SMILES string of the molecule is CC(C)CC(/C=N/OCc1ccccc1)C(C)(C)C. The molecule has 0 saturated heterocycles. The molecular weight excluding hydrogens is 234 g/mol. The fraction of sp³-hybridized carbons (Fsp3) is 0.588. The van der Waals surface area contributed by atoms with Crippen molar-refractivity contribution in [2.75, 3.05) is 0 Å². The molecule has 1 atom stereocenters. The number of hydrogen-bond donors (Lipinski definition) is 0. The smallest absolute Gasteiger partial charge is 0.142 e. The van der Waals surface area contributed by atoms with Crippen molar-refractivity contribution in [2.45, 2.75) is 47.6 Å². The van der Waals surface area contributed by atoms with Gasteiger partial charge in [0, 0.05) is 12.1 Å². The lowest BCUT2D eigenvalue weighted by Gasteiger charge is -2.28. The molecule has 0 bridgehead atoms. The van der Waals surface area contributed by atoms with E-state index in [-0.39, 0.29) is 5.41 Å². The second kappa shape index (κ2) is 7.32. The minimum atomic E-state index is 0.226. The van der Waals surface area contributed by atoms with E-state index in [2.05, 4.69) is 39.8 Å². The molecule has 2 heteroatoms. The summed E-state index contributed by atoms with van der Waals surface area (Å²) in [6.45, 7) is 11.8. The molecule has 0 aliphatic carbocycles. The van der Waals surface area contributed by atoms with Gasteiger partial charge in [-0.15, -0.1) is 0 Å². The molecule has 1 aromatic rings. The van der Waals surface area contributed by atoms with Crippen molar-refractivity contribution in [1.82, 2.24) is 0 Å². The van der Waals surface area contributed by atoms with Crippen LogP contribution in [0, 0.1) is 17.3 Å². The van der Waals surface area contributed by atoms with Crippen molar-refractivity contribution in [3.05, 3.63) is 35.9 Å². The molecule has 0 spiro atoms. The molecule has 1 rings (SSSR count). The van der Waals surface area contributed by atoms with Crippen LogP contribution in [0.25, 0.3) is 0 Å². The number of nitrogens with zero attached hydrogens (tertiary/aromatic N) is 1. The maximum absolute atomic E-state index is 5.40. The van der Waals surface area contributed by atoms with Gasteiger partial charge in [0.25, 0.3) is 0 Å². The zero-order valence-corrected chi connectivity index (χ0v) is 12.9. The Morgan fingerprint density at radius 2 is 1.79 bits per heavy atom. The van der Waals surface area contributed by atoms with E-state index in [0.29, 0.717) is 18.4 Å². The van der Waals surface area contributed by atoms with E-state index in [0.717, 1.165) is 12.0 Å². The molecule has 1 unspecified atom stereocenters. The molecule has 19 heavy (non-hydrogen) atoms. The molecule has 0 amide bonds. The van der Waals surface area contributed by atoms with Crippen LogP contribution in [-0.2, 0) is 11.4 Å². The van der Waals surface area contributed by atoms with E-state index in [4.69, 9.17) is 4.84 Å². The Morgan fingerprint density at radius 1 is 1.16 bits per heavy atom. The van der Waals surface area contributed by atoms with E-state index in [1.807, 2.05) is 36.5 Å². The summed E-state index contributed by atoms with van der Waals surface area (Å²) in [6, 6.07) is 10.1. The lowest BCUT2D eigenvalue weighted by Crippen LogP contribution is -2.23. The Labute approximate surface area is 117 Å². The van der Waals surface area contributed by atoms with Crippen LogP contribution >= 0.6 is 0 Å². The van der Waals surface area contributed by atoms with Crippen molar-refractivity contribution in [3.63, 3.8) is 0 Å². The van der Waals surface area contributed by atoms with Crippen LogP contribution in [0.4, 0.5) is 0 Å². The normalized spacial score (nSPS) is 14.0. The molecule has 1 aromatic carbocycles. The van der Waals surface area contributed by atoms with Crippen LogP contribution in [0.3, 0.4) is 0 Å². The van der Waals surface area contributed by atoms with Crippen LogP contribution in [-0.4, -0.2) is 6.21 Å². The summed E-state index contributed by atoms with van der Waals surface area (Å²) in [7, 11) is 0. The maximum Gasteiger partial charge on any atom is 0.142 e. The van der Waals surface area contributed by atoms with Gasteiger partial charge in [-0.2, -0.15) is 0 Å². The van der Waals surface area contributed by atoms with Crippen molar-refractivity contribution in [3.8, 4) is 0 Å². The molecular formula is C17H27NO. The zero-order valence-electron chi connectivity index (χ0n) is 12.9. The minimum absolute atomic E-state index is 0.226. The van der Waals surface area contributed by atoms with E-state index >= 15 is 0 Å². The lowest BCUT2D eigenvalue weighted by atomic mass is 9.77. The second-order valence-corrected chi connectivity index (χ2v) is 6.62. The monoisotopic (exact) mass is 261 g/mol. The molecule has 106 valence electrons. The zero-order chi connectivity index (χ0) is 14.3. The predicted molar refractivity (Wildman–Crippen MR) is 82.1 cm³/mol. The first-order chi connectivity index (χ1) is 8.89. The highest BCUT2D eigenvalue weighted by Gasteiger charge is 2.23. The van der Waals surface area contributed by atoms with Crippen molar-refractivity contribution in [2.24, 2.45) is 22.4 Å². The highest BCUT2D eigenvalue weighted by Crippen LogP contribution is 2.29. The summed E-state index contributed by atoms with van der Waals surface area (Å²) in [6.07, 6.45) is 3.12. The van der Waals surface area contributed by atoms with Gasteiger partial charge >= 0.3 is 0 Å². The topological polar surface area (TPSA) is 21.6 Å². The third kappa shape index (κ3) is 6.42. The van der Waals surface area contributed by atoms with Gasteiger partial charge in [0.05, 0.1) is 0 Å². The molecule has 0 N–H and O–H groups in total. The van der Waals surface area contributed by atoms with Gasteiger partial charge in [0.1, 0.15) is 6.61 Å². The molecule has 2 nitrogen and oxygen atoms in total. The Kier molecular flexibility index (Phi) is 6.07. The maximum atomic E-state index is 5.40. The van der Waals surface area contributed by atoms with Gasteiger partial charge in [-0.25, -0.2) is 0 Å². The molecule has 0 fully saturated rings. The Hall–Kier alpha value is -1.31. The summed E-state index contributed by atoms with van der Waals surface area (Å²) in [5, 5.41) is 4.16. The number of oxime groups is 1. The number of hydrogen-bond acceptors (Lipinski definition) is 2. The van der Waals surface area contributed by atoms with Crippen LogP contribution in [0.1, 0.15) is 46.6 Å². The van der Waals surface area contributed by atoms with E-state index in [1.165, 1.54) is 0 Å². The summed E-state index contributed by atoms with van der Waals surface area (Å²) in [5.74, 6) is 1.12. The second-order valence-electron chi connectivity index (χ2n) is 6.62. The highest BCUT2D eigenvalue weighted by molar-refractivity contribution is 5.61. The van der Waals surface area contributed by atoms with Crippen molar-refractivity contribution in [1.29, 1.82) is 0 Å². The fourth-order valence-corrected chi connectivity index (χ4v) is 1.95. The predicted octanol–water partition coefficient (Wildman–Crippen LogP) is 4.90. The quantitative estimate of drug-likeness (QED) is 0.527. The molecule has 0 aliphatic heterocycles. The average Bonchev–Trinajstić information content (AvgIpc) is 2.32. The molecule has 0 radical (unpaired) electrons. The van der Waals surface area contributed by atoms with Crippen LogP contribution in [0.2, 0.25) is 0 Å². The molecule has 0 aliphatic rings. The fourth-order valence-electron chi connectivity index (χ4n) is 1.95. The summed E-state index contributed by atoms with van der Waals surface area (Å²) in [4.78, 5) is 5.40. The molecule has 0 heterocycles. The van der Waals surface area contributed by atoms with Gasteiger partial charge in [-0.1, -0.05) is 70.1 Å². The van der Waals surface area contributed by atoms with Gasteiger partial charge in [0.15, 0.2) is 0 Å². The van der Waals surface area contributed by atoms with Crippen LogP contribution in [0.5, 0.6) is 0 Å². The summed E-state index contributed by atoms with van der Waals surface area (Å²) >= 11 is 0. The third-order valence-electron chi connectivity index (χ3n) is 3.23. The summed E-state index contributed by atoms with van der Waals surface area (Å²) in [5.41, 5.74) is 1.37. The molecule has 0 saturated carbocycles. The van der Waals surface area contributed by atoms with Gasteiger partial charge in [-0.05, 0) is 23.3 Å². The Morgan fingerprint density at radius 3 is 2.32 bits per heavy atom. The van der Waals surface area contributed by atoms with E-state index < -0.39 is 0 Å².